The number of carbonyl (C=O) groups excluding carboxylic acids is 2. The Morgan fingerprint density at radius 2 is 2.08 bits per heavy atom. The Morgan fingerprint density at radius 1 is 1.29 bits per heavy atom. The van der Waals surface area contributed by atoms with E-state index in [1.807, 2.05) is 31.2 Å². The van der Waals surface area contributed by atoms with Gasteiger partial charge in [0.2, 0.25) is 0 Å². The fourth-order valence-electron chi connectivity index (χ4n) is 2.90. The Bertz CT molecular complexity index is 763. The summed E-state index contributed by atoms with van der Waals surface area (Å²) in [5.74, 6) is -0.243. The minimum Gasteiger partial charge on any atom is -0.465 e. The summed E-state index contributed by atoms with van der Waals surface area (Å²) in [6.45, 7) is 3.58. The topological polar surface area (TPSA) is 59.8 Å². The number of carbonyl (C=O) groups is 2. The maximum Gasteiger partial charge on any atom is 0.331 e. The van der Waals surface area contributed by atoms with Gasteiger partial charge >= 0.3 is 5.97 Å². The lowest BCUT2D eigenvalue weighted by Gasteiger charge is -2.25. The van der Waals surface area contributed by atoms with E-state index in [-0.39, 0.29) is 11.9 Å². The third-order valence-electron chi connectivity index (χ3n) is 4.01. The van der Waals surface area contributed by atoms with Gasteiger partial charge in [-0.1, -0.05) is 18.2 Å². The van der Waals surface area contributed by atoms with Gasteiger partial charge in [-0.3, -0.25) is 4.79 Å². The average Bonchev–Trinajstić information content (AvgIpc) is 3.18. The maximum atomic E-state index is 12.7. The molecule has 24 heavy (non-hydrogen) atoms. The third-order valence-corrected chi connectivity index (χ3v) is 4.01. The number of esters is 1. The normalized spacial score (nSPS) is 17.8. The molecule has 0 spiro atoms. The number of benzene rings is 1. The van der Waals surface area contributed by atoms with Crippen LogP contribution in [-0.2, 0) is 20.7 Å². The Labute approximate surface area is 140 Å². The van der Waals surface area contributed by atoms with E-state index in [4.69, 9.17) is 9.15 Å². The molecule has 2 heterocycles. The highest BCUT2D eigenvalue weighted by Gasteiger charge is 2.34. The van der Waals surface area contributed by atoms with Gasteiger partial charge in [0.15, 0.2) is 6.10 Å². The molecule has 0 radical (unpaired) electrons. The zero-order valence-corrected chi connectivity index (χ0v) is 13.6. The molecule has 0 aliphatic carbocycles. The number of furan rings is 1. The molecule has 1 amide bonds. The van der Waals surface area contributed by atoms with Crippen LogP contribution in [0.3, 0.4) is 0 Å². The summed E-state index contributed by atoms with van der Waals surface area (Å²) in [4.78, 5) is 26.3. The SMILES string of the molecule is C[C@@H](OC(=O)/C=C/c1ccco1)C(=O)N1c2ccccc2C[C@@H]1C. The number of ether oxygens (including phenoxy) is 1. The van der Waals surface area contributed by atoms with Crippen molar-refractivity contribution >= 4 is 23.6 Å². The van der Waals surface area contributed by atoms with Crippen LogP contribution < -0.4 is 4.90 Å². The van der Waals surface area contributed by atoms with Crippen LogP contribution in [0.25, 0.3) is 6.08 Å². The minimum absolute atomic E-state index is 0.0507. The molecule has 1 aliphatic rings. The summed E-state index contributed by atoms with van der Waals surface area (Å²) >= 11 is 0. The van der Waals surface area contributed by atoms with Gasteiger partial charge in [-0.2, -0.15) is 0 Å². The zero-order valence-electron chi connectivity index (χ0n) is 13.6. The van der Waals surface area contributed by atoms with Crippen LogP contribution in [0.4, 0.5) is 5.69 Å². The monoisotopic (exact) mass is 325 g/mol. The van der Waals surface area contributed by atoms with E-state index >= 15 is 0 Å². The van der Waals surface area contributed by atoms with Gasteiger partial charge in [0.05, 0.1) is 6.26 Å². The quantitative estimate of drug-likeness (QED) is 0.640. The Hall–Kier alpha value is -2.82. The average molecular weight is 325 g/mol. The summed E-state index contributed by atoms with van der Waals surface area (Å²) in [5, 5.41) is 0. The van der Waals surface area contributed by atoms with Crippen molar-refractivity contribution in [1.29, 1.82) is 0 Å². The molecule has 0 N–H and O–H groups in total. The highest BCUT2D eigenvalue weighted by molar-refractivity contribution is 6.00. The first kappa shape index (κ1) is 16.1. The van der Waals surface area contributed by atoms with E-state index < -0.39 is 12.1 Å². The molecule has 1 aromatic carbocycles. The van der Waals surface area contributed by atoms with Crippen molar-refractivity contribution in [2.24, 2.45) is 0 Å². The summed E-state index contributed by atoms with van der Waals surface area (Å²) in [6.07, 6.45) is 4.23. The molecular weight excluding hydrogens is 306 g/mol. The Kier molecular flexibility index (Phi) is 4.51. The highest BCUT2D eigenvalue weighted by Crippen LogP contribution is 2.32. The number of amides is 1. The summed E-state index contributed by atoms with van der Waals surface area (Å²) in [7, 11) is 0. The van der Waals surface area contributed by atoms with Gasteiger partial charge in [-0.05, 0) is 50.1 Å². The predicted octanol–water partition coefficient (Wildman–Crippen LogP) is 3.20. The second-order valence-corrected chi connectivity index (χ2v) is 5.82. The van der Waals surface area contributed by atoms with E-state index in [0.717, 1.165) is 17.7 Å². The summed E-state index contributed by atoms with van der Waals surface area (Å²) < 4.78 is 10.3. The van der Waals surface area contributed by atoms with Crippen LogP contribution in [0.1, 0.15) is 25.2 Å². The van der Waals surface area contributed by atoms with Crippen LogP contribution in [0.5, 0.6) is 0 Å². The lowest BCUT2D eigenvalue weighted by molar-refractivity contribution is -0.149. The number of anilines is 1. The van der Waals surface area contributed by atoms with E-state index in [2.05, 4.69) is 0 Å². The predicted molar refractivity (Wildman–Crippen MR) is 90.4 cm³/mol. The van der Waals surface area contributed by atoms with E-state index in [1.54, 1.807) is 24.0 Å². The first-order valence-corrected chi connectivity index (χ1v) is 7.89. The fourth-order valence-corrected chi connectivity index (χ4v) is 2.90. The van der Waals surface area contributed by atoms with Gasteiger partial charge < -0.3 is 14.1 Å². The van der Waals surface area contributed by atoms with Gasteiger partial charge in [-0.15, -0.1) is 0 Å². The van der Waals surface area contributed by atoms with Crippen molar-refractivity contribution in [3.8, 4) is 0 Å². The molecule has 2 atom stereocenters. The van der Waals surface area contributed by atoms with E-state index in [9.17, 15) is 9.59 Å². The molecule has 3 rings (SSSR count). The van der Waals surface area contributed by atoms with Crippen LogP contribution >= 0.6 is 0 Å². The molecule has 0 unspecified atom stereocenters. The Balaban J connectivity index is 1.66. The standard InChI is InChI=1S/C19H19NO4/c1-13-12-15-6-3-4-8-17(15)20(13)19(22)14(2)24-18(21)10-9-16-7-5-11-23-16/h3-11,13-14H,12H2,1-2H3/b10-9+/t13-,14+/m0/s1. The maximum absolute atomic E-state index is 12.7. The van der Waals surface area contributed by atoms with Crippen molar-refractivity contribution in [3.05, 3.63) is 60.1 Å². The highest BCUT2D eigenvalue weighted by atomic mass is 16.5. The van der Waals surface area contributed by atoms with Crippen molar-refractivity contribution in [1.82, 2.24) is 0 Å². The second kappa shape index (κ2) is 6.74. The number of nitrogens with zero attached hydrogens (tertiary/aromatic N) is 1. The zero-order chi connectivity index (χ0) is 17.1. The smallest absolute Gasteiger partial charge is 0.331 e. The summed E-state index contributed by atoms with van der Waals surface area (Å²) in [5.41, 5.74) is 2.03. The molecule has 1 aromatic heterocycles. The van der Waals surface area contributed by atoms with Crippen molar-refractivity contribution in [2.75, 3.05) is 4.90 Å². The fraction of sp³-hybridized carbons (Fsp3) is 0.263. The number of rotatable bonds is 4. The van der Waals surface area contributed by atoms with E-state index in [0.29, 0.717) is 5.76 Å². The summed E-state index contributed by atoms with van der Waals surface area (Å²) in [6, 6.07) is 11.3. The molecular formula is C19H19NO4. The lowest BCUT2D eigenvalue weighted by atomic mass is 10.1. The molecule has 124 valence electrons. The second-order valence-electron chi connectivity index (χ2n) is 5.82. The van der Waals surface area contributed by atoms with Gasteiger partial charge in [0.1, 0.15) is 5.76 Å². The van der Waals surface area contributed by atoms with Crippen LogP contribution in [-0.4, -0.2) is 24.0 Å². The van der Waals surface area contributed by atoms with Crippen molar-refractivity contribution in [3.63, 3.8) is 0 Å². The molecule has 0 saturated carbocycles. The molecule has 0 fully saturated rings. The van der Waals surface area contributed by atoms with E-state index in [1.165, 1.54) is 18.4 Å². The molecule has 2 aromatic rings. The number of hydrogen-bond donors (Lipinski definition) is 0. The van der Waals surface area contributed by atoms with Crippen LogP contribution in [0, 0.1) is 0 Å². The molecule has 0 saturated heterocycles. The van der Waals surface area contributed by atoms with Crippen LogP contribution in [0.2, 0.25) is 0 Å². The van der Waals surface area contributed by atoms with Gasteiger partial charge in [0, 0.05) is 17.8 Å². The molecule has 5 heteroatoms. The molecule has 0 bridgehead atoms. The number of hydrogen-bond acceptors (Lipinski definition) is 4. The third kappa shape index (κ3) is 3.25. The molecule has 1 aliphatic heterocycles. The lowest BCUT2D eigenvalue weighted by Crippen LogP contribution is -2.43. The largest absolute Gasteiger partial charge is 0.465 e. The first-order chi connectivity index (χ1) is 11.6. The van der Waals surface area contributed by atoms with Crippen LogP contribution in [0.15, 0.2) is 53.2 Å². The van der Waals surface area contributed by atoms with Gasteiger partial charge in [-0.25, -0.2) is 4.79 Å². The number of para-hydroxylation sites is 1. The van der Waals surface area contributed by atoms with Gasteiger partial charge in [0.25, 0.3) is 5.91 Å². The minimum atomic E-state index is -0.854. The van der Waals surface area contributed by atoms with Crippen molar-refractivity contribution in [2.45, 2.75) is 32.4 Å². The first-order valence-electron chi connectivity index (χ1n) is 7.89. The Morgan fingerprint density at radius 3 is 2.83 bits per heavy atom. The van der Waals surface area contributed by atoms with Crippen molar-refractivity contribution < 1.29 is 18.7 Å². The number of fused-ring (bicyclic) bond motifs is 1. The molecule has 5 nitrogen and oxygen atoms in total.